The number of ketones is 1. The molecule has 1 aromatic rings. The van der Waals surface area contributed by atoms with Crippen LogP contribution in [-0.2, 0) is 54.4 Å². The van der Waals surface area contributed by atoms with E-state index in [0.29, 0.717) is 57.1 Å². The van der Waals surface area contributed by atoms with Crippen molar-refractivity contribution in [3.8, 4) is 0 Å². The van der Waals surface area contributed by atoms with Crippen LogP contribution in [0.2, 0.25) is 0 Å². The number of nitrogens with one attached hydrogen (secondary N) is 8. The molecule has 0 fully saturated rings. The fourth-order valence-electron chi connectivity index (χ4n) is 7.56. The van der Waals surface area contributed by atoms with Crippen LogP contribution in [-0.4, -0.2) is 142 Å². The van der Waals surface area contributed by atoms with E-state index in [1.165, 1.54) is 45.0 Å². The van der Waals surface area contributed by atoms with Crippen molar-refractivity contribution in [3.63, 3.8) is 0 Å². The minimum atomic E-state index is -1.59. The lowest BCUT2D eigenvalue weighted by molar-refractivity contribution is -0.384. The van der Waals surface area contributed by atoms with Gasteiger partial charge in [0, 0.05) is 31.5 Å². The number of carboxylic acid groups (broad SMARTS) is 1. The van der Waals surface area contributed by atoms with Gasteiger partial charge in [-0.2, -0.15) is 0 Å². The lowest BCUT2D eigenvalue weighted by atomic mass is 10.00. The smallest absolute Gasteiger partial charge is 0.303 e. The third-order valence-electron chi connectivity index (χ3n) is 12.3. The average molecular weight is 1090 g/mol. The highest BCUT2D eigenvalue weighted by Crippen LogP contribution is 2.15. The number of carboxylic acids is 1. The number of aliphatic imine (C=N–C) groups is 1. The van der Waals surface area contributed by atoms with Crippen molar-refractivity contribution in [2.24, 2.45) is 33.8 Å². The predicted molar refractivity (Wildman–Crippen MR) is 286 cm³/mol. The van der Waals surface area contributed by atoms with Gasteiger partial charge in [-0.1, -0.05) is 71.9 Å². The number of guanidine groups is 1. The van der Waals surface area contributed by atoms with E-state index in [9.17, 15) is 63.2 Å². The van der Waals surface area contributed by atoms with Crippen molar-refractivity contribution in [3.05, 3.63) is 39.9 Å². The molecule has 0 radical (unpaired) electrons. The number of amides is 8. The highest BCUT2D eigenvalue weighted by Gasteiger charge is 2.35. The molecule has 1 aromatic carbocycles. The molecule has 0 aliphatic rings. The Morgan fingerprint density at radius 2 is 1.04 bits per heavy atom. The number of nitro benzene ring substituents is 1. The van der Waals surface area contributed by atoms with E-state index in [0.717, 1.165) is 6.42 Å². The van der Waals surface area contributed by atoms with Gasteiger partial charge >= 0.3 is 5.97 Å². The van der Waals surface area contributed by atoms with Crippen molar-refractivity contribution >= 4 is 70.7 Å². The highest BCUT2D eigenvalue weighted by atomic mass is 16.6. The van der Waals surface area contributed by atoms with Gasteiger partial charge in [-0.15, -0.1) is 0 Å². The monoisotopic (exact) mass is 1090 g/mol. The van der Waals surface area contributed by atoms with E-state index in [1.54, 1.807) is 13.8 Å². The molecule has 77 heavy (non-hydrogen) atoms. The van der Waals surface area contributed by atoms with Crippen molar-refractivity contribution < 1.29 is 58.0 Å². The molecule has 0 saturated heterocycles. The lowest BCUT2D eigenvalue weighted by Gasteiger charge is -2.29. The average Bonchev–Trinajstić information content (AvgIpc) is 3.36. The number of rotatable bonds is 38. The van der Waals surface area contributed by atoms with Crippen LogP contribution in [0.5, 0.6) is 0 Å². The Labute approximate surface area is 449 Å². The molecule has 0 aliphatic carbocycles. The van der Waals surface area contributed by atoms with Gasteiger partial charge in [0.15, 0.2) is 11.7 Å². The second kappa shape index (κ2) is 35.9. The summed E-state index contributed by atoms with van der Waals surface area (Å²) in [5.74, 6) is -8.96. The van der Waals surface area contributed by atoms with Crippen LogP contribution in [0.3, 0.4) is 0 Å². The topological polar surface area (TPSA) is 447 Å². The van der Waals surface area contributed by atoms with E-state index in [2.05, 4.69) is 47.5 Å². The highest BCUT2D eigenvalue weighted by molar-refractivity contribution is 5.98. The summed E-state index contributed by atoms with van der Waals surface area (Å²) in [7, 11) is 0. The quantitative estimate of drug-likeness (QED) is 0.0125. The Kier molecular flexibility index (Phi) is 31.6. The first-order chi connectivity index (χ1) is 36.3. The first-order valence-corrected chi connectivity index (χ1v) is 26.2. The molecule has 0 aromatic heterocycles. The lowest BCUT2D eigenvalue weighted by Crippen LogP contribution is -2.61. The third kappa shape index (κ3) is 26.4. The van der Waals surface area contributed by atoms with Gasteiger partial charge in [0.25, 0.3) is 5.69 Å². The first kappa shape index (κ1) is 67.7. The fourth-order valence-corrected chi connectivity index (χ4v) is 7.56. The van der Waals surface area contributed by atoms with Crippen LogP contribution in [0.1, 0.15) is 138 Å². The number of carbonyl (C=O) groups is 10. The molecule has 0 heterocycles. The van der Waals surface area contributed by atoms with E-state index >= 15 is 0 Å². The fraction of sp³-hybridized carbons (Fsp3) is 0.660. The summed E-state index contributed by atoms with van der Waals surface area (Å²) >= 11 is 0. The number of hydrogen-bond acceptors (Lipinski definition) is 15. The van der Waals surface area contributed by atoms with E-state index in [-0.39, 0.29) is 49.7 Å². The number of non-ortho nitro benzene ring substituents is 1. The van der Waals surface area contributed by atoms with Crippen LogP contribution in [0.15, 0.2) is 29.3 Å². The minimum Gasteiger partial charge on any atom is -0.481 e. The molecule has 8 amide bonds. The summed E-state index contributed by atoms with van der Waals surface area (Å²) in [6.07, 6.45) is 3.03. The Balaban J connectivity index is 3.56. The Morgan fingerprint density at radius 3 is 1.55 bits per heavy atom. The number of carbonyl (C=O) groups excluding carboxylic acids is 9. The molecule has 0 aliphatic heterocycles. The second-order valence-electron chi connectivity index (χ2n) is 19.3. The number of unbranched alkanes of at least 4 members (excludes halogenated alkanes) is 3. The molecule has 0 spiro atoms. The third-order valence-corrected chi connectivity index (χ3v) is 12.3. The zero-order valence-electron chi connectivity index (χ0n) is 45.4. The molecule has 432 valence electrons. The Morgan fingerprint density at radius 1 is 0.584 bits per heavy atom. The largest absolute Gasteiger partial charge is 0.481 e. The maximum atomic E-state index is 14.4. The molecule has 0 saturated carbocycles. The number of nitrogens with two attached hydrogens (primary N) is 4. The first-order valence-electron chi connectivity index (χ1n) is 26.2. The van der Waals surface area contributed by atoms with E-state index < -0.39 is 131 Å². The molecule has 9 atom stereocenters. The summed E-state index contributed by atoms with van der Waals surface area (Å²) < 4.78 is 0. The van der Waals surface area contributed by atoms with Crippen LogP contribution in [0.4, 0.5) is 5.69 Å². The van der Waals surface area contributed by atoms with E-state index in [1.807, 2.05) is 13.8 Å². The van der Waals surface area contributed by atoms with Gasteiger partial charge in [-0.25, -0.2) is 0 Å². The summed E-state index contributed by atoms with van der Waals surface area (Å²) in [4.78, 5) is 148. The van der Waals surface area contributed by atoms with Crippen molar-refractivity contribution in [2.75, 3.05) is 13.1 Å². The number of hydrogen-bond donors (Lipinski definition) is 13. The number of nitro groups is 1. The minimum absolute atomic E-state index is 0.0202. The van der Waals surface area contributed by atoms with Crippen LogP contribution >= 0.6 is 0 Å². The van der Waals surface area contributed by atoms with Crippen molar-refractivity contribution in [1.29, 1.82) is 0 Å². The summed E-state index contributed by atoms with van der Waals surface area (Å²) in [5, 5.41) is 41.6. The van der Waals surface area contributed by atoms with Gasteiger partial charge in [-0.05, 0) is 83.7 Å². The molecule has 1 rings (SSSR count). The molecule has 27 heteroatoms. The van der Waals surface area contributed by atoms with Crippen molar-refractivity contribution in [1.82, 2.24) is 42.5 Å². The molecule has 27 nitrogen and oxygen atoms in total. The predicted octanol–water partition coefficient (Wildman–Crippen LogP) is -0.944. The van der Waals surface area contributed by atoms with Gasteiger partial charge in [0.1, 0.15) is 42.3 Å². The van der Waals surface area contributed by atoms with Gasteiger partial charge in [0.2, 0.25) is 47.3 Å². The number of Topliss-reactive ketones (excluding diaryl/α,β-unsaturated/α-hetero) is 1. The molecule has 17 N–H and O–H groups in total. The van der Waals surface area contributed by atoms with Crippen LogP contribution in [0, 0.1) is 16.0 Å². The number of aliphatic carboxylic acids is 1. The normalized spacial score (nSPS) is 14.5. The van der Waals surface area contributed by atoms with Crippen molar-refractivity contribution in [2.45, 2.75) is 193 Å². The van der Waals surface area contributed by atoms with Crippen LogP contribution in [0.25, 0.3) is 0 Å². The second-order valence-corrected chi connectivity index (χ2v) is 19.3. The summed E-state index contributed by atoms with van der Waals surface area (Å²) in [5.41, 5.74) is 22.5. The van der Waals surface area contributed by atoms with E-state index in [4.69, 9.17) is 22.9 Å². The zero-order valence-corrected chi connectivity index (χ0v) is 45.4. The maximum Gasteiger partial charge on any atom is 0.303 e. The molecule has 0 bridgehead atoms. The van der Waals surface area contributed by atoms with Crippen LogP contribution < -0.4 is 65.5 Å². The summed E-state index contributed by atoms with van der Waals surface area (Å²) in [6, 6.07) is -6.19. The number of benzene rings is 1. The molecular weight excluding hydrogens is 1000 g/mol. The Bertz CT molecular complexity index is 2170. The summed E-state index contributed by atoms with van der Waals surface area (Å²) in [6.45, 7) is 11.5. The Hall–Kier alpha value is -7.29. The zero-order chi connectivity index (χ0) is 58.4. The SMILES string of the molecule is CCCC[C@H](NC(=O)[C@H](C)NC(=O)[C@H](CCC(=O)O)NC(=O)[C@H](Cc1ccc([N+](=O)[O-])cc1)NC(=O)[C@H](CCCC)NC(=O)[C@@H](NC(=O)[C@H](CCCN=C(N)N)NC(=O)[C@H](C)NC(=O)[C@@H](N)CCCCN)C(C)C)C(C)=O. The molecular formula is C50H84N14O13. The standard InChI is InChI=1S/C50H84N14O13/c1-8-10-16-35(31(7)65)58-42(68)30(6)57-45(71)38(23-24-40(66)67)60-48(74)39(27-32-19-21-33(22-20-32)64(76)77)62-46(72)36(17-11-9-2)61-49(75)41(28(3)4)63-47(73)37(18-14-26-55-50(53)54)59-43(69)29(5)56-44(70)34(52)15-12-13-25-51/h19-22,28-30,34-39,41H,8-18,23-27,51-52H2,1-7H3,(H,56,70)(H,57,71)(H,58,68)(H,59,69)(H,60,74)(H,61,75)(H,62,72)(H,63,73)(H,66,67)(H4,53,54,55)/t29-,30-,34-,35-,36-,37-,38-,39-,41-/m0/s1. The molecule has 0 unspecified atom stereocenters. The van der Waals surface area contributed by atoms with Gasteiger partial charge in [-0.3, -0.25) is 63.1 Å². The maximum absolute atomic E-state index is 14.4. The van der Waals surface area contributed by atoms with Gasteiger partial charge in [0.05, 0.1) is 17.0 Å². The van der Waals surface area contributed by atoms with Gasteiger partial charge < -0.3 is 70.6 Å². The number of nitrogens with zero attached hydrogens (tertiary/aromatic N) is 2.